The van der Waals surface area contributed by atoms with E-state index in [1.54, 1.807) is 28.4 Å². The molecule has 0 aromatic rings. The number of ether oxygens (including phenoxy) is 6. The lowest BCUT2D eigenvalue weighted by Crippen LogP contribution is -2.49. The summed E-state index contributed by atoms with van der Waals surface area (Å²) in [4.78, 5) is 0. The Balaban J connectivity index is -0.000000390. The summed E-state index contributed by atoms with van der Waals surface area (Å²) in [5.41, 5.74) is 0. The van der Waals surface area contributed by atoms with Crippen molar-refractivity contribution >= 4 is 9.05 Å². The quantitative estimate of drug-likeness (QED) is 0.192. The van der Waals surface area contributed by atoms with E-state index >= 15 is 0 Å². The fourth-order valence-corrected chi connectivity index (χ4v) is 3.64. The van der Waals surface area contributed by atoms with Crippen LogP contribution in [0.4, 0.5) is 0 Å². The fourth-order valence-electron chi connectivity index (χ4n) is 1.73. The van der Waals surface area contributed by atoms with E-state index in [0.717, 1.165) is 0 Å². The van der Waals surface area contributed by atoms with Crippen molar-refractivity contribution < 1.29 is 46.1 Å². The molecule has 0 N–H and O–H groups in total. The maximum atomic E-state index is 5.42. The Kier molecular flexibility index (Phi) is 36.5. The topological polar surface area (TPSA) is 92.3 Å². The molecular formula is C20H48O10Si. The predicted octanol–water partition coefficient (Wildman–Crippen LogP) is 2.16. The first-order valence-electron chi connectivity index (χ1n) is 10.7. The Morgan fingerprint density at radius 1 is 0.387 bits per heavy atom. The predicted molar refractivity (Wildman–Crippen MR) is 121 cm³/mol. The molecule has 0 heterocycles. The highest BCUT2D eigenvalue weighted by Crippen LogP contribution is 2.11. The summed E-state index contributed by atoms with van der Waals surface area (Å²) in [6.07, 6.45) is 0. The van der Waals surface area contributed by atoms with E-state index in [2.05, 4.69) is 0 Å². The molecule has 0 bridgehead atoms. The molecule has 0 aliphatic carbocycles. The minimum absolute atomic E-state index is 0.548. The lowest BCUT2D eigenvalue weighted by Gasteiger charge is -2.26. The van der Waals surface area contributed by atoms with Crippen LogP contribution in [0.2, 0.25) is 0 Å². The van der Waals surface area contributed by atoms with Crippen LogP contribution in [0.1, 0.15) is 27.7 Å². The molecule has 31 heavy (non-hydrogen) atoms. The molecule has 0 aliphatic heterocycles. The Hall–Kier alpha value is -0.183. The highest BCUT2D eigenvalue weighted by atomic mass is 28.4. The van der Waals surface area contributed by atoms with Gasteiger partial charge in [0, 0.05) is 54.9 Å². The third-order valence-corrected chi connectivity index (χ3v) is 5.58. The summed E-state index contributed by atoms with van der Waals surface area (Å²) in [6, 6.07) is 0. The molecule has 0 saturated heterocycles. The van der Waals surface area contributed by atoms with Crippen LogP contribution < -0.4 is 0 Å². The van der Waals surface area contributed by atoms with Gasteiger partial charge in [0.1, 0.15) is 0 Å². The van der Waals surface area contributed by atoms with E-state index in [1.165, 1.54) is 0 Å². The second-order valence-electron chi connectivity index (χ2n) is 5.43. The Morgan fingerprint density at radius 2 is 0.613 bits per heavy atom. The van der Waals surface area contributed by atoms with Crippen molar-refractivity contribution in [3.63, 3.8) is 0 Å². The van der Waals surface area contributed by atoms with Crippen LogP contribution >= 0.6 is 0 Å². The molecule has 0 aromatic heterocycles. The maximum Gasteiger partial charge on any atom is 0.679 e. The van der Waals surface area contributed by atoms with Gasteiger partial charge < -0.3 is 46.1 Å². The van der Waals surface area contributed by atoms with Crippen LogP contribution in [0.25, 0.3) is 0 Å². The lowest BCUT2D eigenvalue weighted by molar-refractivity contribution is -0.0247. The van der Waals surface area contributed by atoms with Gasteiger partial charge in [-0.15, -0.1) is 0 Å². The number of hydrogen-bond acceptors (Lipinski definition) is 10. The molecule has 10 nitrogen and oxygen atoms in total. The van der Waals surface area contributed by atoms with Crippen LogP contribution in [-0.4, -0.2) is 117 Å². The smallest absolute Gasteiger partial charge is 0.382 e. The Morgan fingerprint density at radius 3 is 0.774 bits per heavy atom. The van der Waals surface area contributed by atoms with Crippen molar-refractivity contribution in [2.45, 2.75) is 27.7 Å². The SMILES string of the molecule is CCO[Si](OCC)(OCC)OCC.COCCOCCOC.COCCOCCOC. The van der Waals surface area contributed by atoms with E-state index in [-0.39, 0.29) is 0 Å². The molecule has 0 unspecified atom stereocenters. The normalized spacial score (nSPS) is 10.8. The molecule has 0 aliphatic rings. The summed E-state index contributed by atoms with van der Waals surface area (Å²) < 4.78 is 50.8. The molecule has 192 valence electrons. The van der Waals surface area contributed by atoms with Crippen molar-refractivity contribution in [3.05, 3.63) is 0 Å². The Labute approximate surface area is 191 Å². The molecule has 0 rings (SSSR count). The van der Waals surface area contributed by atoms with Gasteiger partial charge >= 0.3 is 9.05 Å². The van der Waals surface area contributed by atoms with Crippen LogP contribution in [0.15, 0.2) is 0 Å². The van der Waals surface area contributed by atoms with Gasteiger partial charge in [0.15, 0.2) is 0 Å². The van der Waals surface area contributed by atoms with Gasteiger partial charge in [-0.2, -0.15) is 0 Å². The molecule has 0 amide bonds. The van der Waals surface area contributed by atoms with Crippen LogP contribution in [-0.2, 0) is 46.1 Å². The number of rotatable bonds is 20. The summed E-state index contributed by atoms with van der Waals surface area (Å²) in [6.45, 7) is 15.0. The standard InChI is InChI=1S/C8H20O4Si.2C6H14O3/c1-5-9-13(10-6-2,11-7-3)12-8-4;2*1-7-3-5-9-6-4-8-2/h5-8H2,1-4H3;2*3-6H2,1-2H3. The molecule has 0 aromatic carbocycles. The first kappa shape index (κ1) is 35.4. The summed E-state index contributed by atoms with van der Waals surface area (Å²) in [5.74, 6) is 0. The van der Waals surface area contributed by atoms with E-state index in [9.17, 15) is 0 Å². The van der Waals surface area contributed by atoms with E-state index in [0.29, 0.717) is 79.3 Å². The average Bonchev–Trinajstić information content (AvgIpc) is 2.75. The second kappa shape index (κ2) is 32.0. The summed E-state index contributed by atoms with van der Waals surface area (Å²) in [7, 11) is 3.81. The van der Waals surface area contributed by atoms with Gasteiger partial charge in [-0.3, -0.25) is 0 Å². The second-order valence-corrected chi connectivity index (χ2v) is 7.58. The van der Waals surface area contributed by atoms with Gasteiger partial charge in [0.2, 0.25) is 0 Å². The Bertz CT molecular complexity index is 246. The first-order chi connectivity index (χ1) is 15.1. The van der Waals surface area contributed by atoms with Crippen LogP contribution in [0.5, 0.6) is 0 Å². The number of methoxy groups -OCH3 is 4. The maximum absolute atomic E-state index is 5.42. The van der Waals surface area contributed by atoms with E-state index in [1.807, 2.05) is 27.7 Å². The molecule has 0 radical (unpaired) electrons. The van der Waals surface area contributed by atoms with E-state index < -0.39 is 9.05 Å². The zero-order valence-electron chi connectivity index (χ0n) is 21.1. The zero-order valence-corrected chi connectivity index (χ0v) is 22.1. The van der Waals surface area contributed by atoms with Gasteiger partial charge in [0.05, 0.1) is 52.9 Å². The highest BCUT2D eigenvalue weighted by Gasteiger charge is 2.44. The van der Waals surface area contributed by atoms with Crippen molar-refractivity contribution in [1.29, 1.82) is 0 Å². The molecule has 0 fully saturated rings. The van der Waals surface area contributed by atoms with Crippen molar-refractivity contribution in [2.24, 2.45) is 0 Å². The molecular weight excluding hydrogens is 428 g/mol. The van der Waals surface area contributed by atoms with E-state index in [4.69, 9.17) is 46.1 Å². The third kappa shape index (κ3) is 29.8. The van der Waals surface area contributed by atoms with Crippen molar-refractivity contribution in [1.82, 2.24) is 0 Å². The summed E-state index contributed by atoms with van der Waals surface area (Å²) >= 11 is 0. The van der Waals surface area contributed by atoms with Gasteiger partial charge in [-0.05, 0) is 27.7 Å². The van der Waals surface area contributed by atoms with Gasteiger partial charge in [-0.25, -0.2) is 0 Å². The first-order valence-corrected chi connectivity index (χ1v) is 12.4. The van der Waals surface area contributed by atoms with Gasteiger partial charge in [0.25, 0.3) is 0 Å². The fraction of sp³-hybridized carbons (Fsp3) is 1.00. The van der Waals surface area contributed by atoms with Crippen LogP contribution in [0, 0.1) is 0 Å². The largest absolute Gasteiger partial charge is 0.679 e. The lowest BCUT2D eigenvalue weighted by atomic mass is 10.7. The average molecular weight is 477 g/mol. The monoisotopic (exact) mass is 476 g/mol. The molecule has 0 atom stereocenters. The third-order valence-electron chi connectivity index (χ3n) is 3.01. The number of hydrogen-bond donors (Lipinski definition) is 0. The minimum atomic E-state index is -2.80. The summed E-state index contributed by atoms with van der Waals surface area (Å²) in [5, 5.41) is 0. The minimum Gasteiger partial charge on any atom is -0.382 e. The zero-order chi connectivity index (χ0) is 24.1. The highest BCUT2D eigenvalue weighted by molar-refractivity contribution is 6.53. The molecule has 0 spiro atoms. The molecule has 11 heteroatoms. The molecule has 0 saturated carbocycles. The van der Waals surface area contributed by atoms with Gasteiger partial charge in [-0.1, -0.05) is 0 Å². The van der Waals surface area contributed by atoms with Crippen LogP contribution in [0.3, 0.4) is 0 Å². The van der Waals surface area contributed by atoms with Crippen molar-refractivity contribution in [3.8, 4) is 0 Å². The van der Waals surface area contributed by atoms with Crippen molar-refractivity contribution in [2.75, 3.05) is 108 Å².